The maximum Gasteiger partial charge on any atom is 0.345 e. The summed E-state index contributed by atoms with van der Waals surface area (Å²) in [6, 6.07) is 6.91. The summed E-state index contributed by atoms with van der Waals surface area (Å²) in [4.78, 5) is 34.6. The minimum atomic E-state index is -1.00. The minimum Gasteiger partial charge on any atom is -0.453 e. The average Bonchev–Trinajstić information content (AvgIpc) is 2.35. The maximum atomic E-state index is 11.9. The molecule has 0 aliphatic rings. The van der Waals surface area contributed by atoms with E-state index in [1.807, 2.05) is 0 Å². The molecule has 1 rings (SSSR count). The topological polar surface area (TPSA) is 112 Å². The summed E-state index contributed by atoms with van der Waals surface area (Å²) in [5.74, 6) is -2.35. The maximum absolute atomic E-state index is 11.9. The molecule has 0 aliphatic heterocycles. The van der Waals surface area contributed by atoms with Crippen LogP contribution >= 0.6 is 0 Å². The lowest BCUT2D eigenvalue weighted by Gasteiger charge is -2.08. The first-order valence-corrected chi connectivity index (χ1v) is 5.86. The van der Waals surface area contributed by atoms with Gasteiger partial charge in [0.05, 0.1) is 0 Å². The van der Waals surface area contributed by atoms with Crippen molar-refractivity contribution in [1.29, 1.82) is 0 Å². The predicted molar refractivity (Wildman–Crippen MR) is 72.6 cm³/mol. The lowest BCUT2D eigenvalue weighted by Crippen LogP contribution is -2.27. The Morgan fingerprint density at radius 3 is 2.25 bits per heavy atom. The normalized spacial score (nSPS) is 11.5. The largest absolute Gasteiger partial charge is 0.453 e. The monoisotopic (exact) mass is 276 g/mol. The summed E-state index contributed by atoms with van der Waals surface area (Å²) in [6.07, 6.45) is 0. The van der Waals surface area contributed by atoms with Crippen LogP contribution in [0.1, 0.15) is 22.8 Å². The standard InChI is InChI=1S/C14H16N2O4/c1-8-5-3-4-6-10(8)11(17)7-20-14(19)12(9(2)15)13(16)18/h3-6H,7,15H2,1-2H3,(H2,16,18). The van der Waals surface area contributed by atoms with Crippen molar-refractivity contribution in [2.24, 2.45) is 11.5 Å². The van der Waals surface area contributed by atoms with Gasteiger partial charge in [0.2, 0.25) is 5.78 Å². The fourth-order valence-corrected chi connectivity index (χ4v) is 1.62. The van der Waals surface area contributed by atoms with E-state index in [1.165, 1.54) is 6.92 Å². The zero-order valence-corrected chi connectivity index (χ0v) is 11.3. The molecule has 0 saturated heterocycles. The van der Waals surface area contributed by atoms with E-state index in [1.54, 1.807) is 31.2 Å². The molecule has 106 valence electrons. The number of hydrogen-bond acceptors (Lipinski definition) is 5. The van der Waals surface area contributed by atoms with E-state index in [9.17, 15) is 14.4 Å². The molecule has 1 aromatic rings. The fourth-order valence-electron chi connectivity index (χ4n) is 1.62. The van der Waals surface area contributed by atoms with Gasteiger partial charge in [-0.25, -0.2) is 4.79 Å². The number of aryl methyl sites for hydroxylation is 1. The molecule has 0 heterocycles. The number of primary amides is 1. The molecule has 0 bridgehead atoms. The molecule has 6 heteroatoms. The van der Waals surface area contributed by atoms with Gasteiger partial charge in [0.1, 0.15) is 5.57 Å². The Labute approximate surface area is 116 Å². The van der Waals surface area contributed by atoms with Crippen molar-refractivity contribution in [3.05, 3.63) is 46.7 Å². The van der Waals surface area contributed by atoms with Crippen molar-refractivity contribution in [3.8, 4) is 0 Å². The van der Waals surface area contributed by atoms with Crippen LogP contribution in [0.25, 0.3) is 0 Å². The number of nitrogens with two attached hydrogens (primary N) is 2. The van der Waals surface area contributed by atoms with Crippen molar-refractivity contribution in [1.82, 2.24) is 0 Å². The second-order valence-electron chi connectivity index (χ2n) is 4.24. The molecule has 0 radical (unpaired) electrons. The van der Waals surface area contributed by atoms with Gasteiger partial charge in [-0.1, -0.05) is 24.3 Å². The summed E-state index contributed by atoms with van der Waals surface area (Å²) in [7, 11) is 0. The number of ketones is 1. The number of amides is 1. The number of ether oxygens (including phenoxy) is 1. The molecular weight excluding hydrogens is 260 g/mol. The van der Waals surface area contributed by atoms with Gasteiger partial charge in [0.25, 0.3) is 5.91 Å². The van der Waals surface area contributed by atoms with Crippen LogP contribution in [0.3, 0.4) is 0 Å². The molecule has 20 heavy (non-hydrogen) atoms. The van der Waals surface area contributed by atoms with Gasteiger partial charge in [-0.2, -0.15) is 0 Å². The summed E-state index contributed by atoms with van der Waals surface area (Å²) in [5, 5.41) is 0. The van der Waals surface area contributed by atoms with Crippen molar-refractivity contribution < 1.29 is 19.1 Å². The molecule has 1 amide bonds. The van der Waals surface area contributed by atoms with E-state index in [4.69, 9.17) is 16.2 Å². The third-order valence-corrected chi connectivity index (χ3v) is 2.62. The molecule has 0 unspecified atom stereocenters. The van der Waals surface area contributed by atoms with Gasteiger partial charge in [-0.05, 0) is 19.4 Å². The highest BCUT2D eigenvalue weighted by atomic mass is 16.5. The summed E-state index contributed by atoms with van der Waals surface area (Å²) >= 11 is 0. The van der Waals surface area contributed by atoms with Gasteiger partial charge >= 0.3 is 5.97 Å². The molecule has 1 aromatic carbocycles. The third kappa shape index (κ3) is 3.68. The molecule has 0 aromatic heterocycles. The highest BCUT2D eigenvalue weighted by Gasteiger charge is 2.21. The minimum absolute atomic E-state index is 0.0501. The highest BCUT2D eigenvalue weighted by Crippen LogP contribution is 2.09. The lowest BCUT2D eigenvalue weighted by molar-refractivity contribution is -0.139. The second-order valence-corrected chi connectivity index (χ2v) is 4.24. The van der Waals surface area contributed by atoms with E-state index in [-0.39, 0.29) is 11.5 Å². The Kier molecular flexibility index (Phi) is 5.02. The Morgan fingerprint density at radius 2 is 1.75 bits per heavy atom. The van der Waals surface area contributed by atoms with Gasteiger partial charge in [-0.3, -0.25) is 9.59 Å². The summed E-state index contributed by atoms with van der Waals surface area (Å²) in [5.41, 5.74) is 11.1. The molecule has 0 spiro atoms. The van der Waals surface area contributed by atoms with Crippen LogP contribution < -0.4 is 11.5 Å². The molecule has 0 saturated carbocycles. The zero-order valence-electron chi connectivity index (χ0n) is 11.3. The average molecular weight is 276 g/mol. The predicted octanol–water partition coefficient (Wildman–Crippen LogP) is 0.439. The summed E-state index contributed by atoms with van der Waals surface area (Å²) in [6.45, 7) is 2.64. The number of esters is 1. The number of Topliss-reactive ketones (excluding diaryl/α,β-unsaturated/α-hetero) is 1. The zero-order chi connectivity index (χ0) is 15.3. The second kappa shape index (κ2) is 6.51. The summed E-state index contributed by atoms with van der Waals surface area (Å²) < 4.78 is 4.77. The van der Waals surface area contributed by atoms with Crippen molar-refractivity contribution in [2.45, 2.75) is 13.8 Å². The highest BCUT2D eigenvalue weighted by molar-refractivity contribution is 6.16. The van der Waals surface area contributed by atoms with E-state index >= 15 is 0 Å². The molecule has 6 nitrogen and oxygen atoms in total. The first kappa shape index (κ1) is 15.4. The molecule has 0 atom stereocenters. The number of carbonyl (C=O) groups is 3. The molecule has 0 aliphatic carbocycles. The van der Waals surface area contributed by atoms with Gasteiger partial charge in [-0.15, -0.1) is 0 Å². The number of carbonyl (C=O) groups excluding carboxylic acids is 3. The SMILES string of the molecule is CC(N)=C(C(N)=O)C(=O)OCC(=O)c1ccccc1C. The van der Waals surface area contributed by atoms with Crippen molar-refractivity contribution in [3.63, 3.8) is 0 Å². The lowest BCUT2D eigenvalue weighted by atomic mass is 10.1. The number of benzene rings is 1. The van der Waals surface area contributed by atoms with E-state index in [0.717, 1.165) is 5.56 Å². The first-order chi connectivity index (χ1) is 9.34. The Morgan fingerprint density at radius 1 is 1.15 bits per heavy atom. The van der Waals surface area contributed by atoms with Crippen LogP contribution in [0.2, 0.25) is 0 Å². The molecule has 4 N–H and O–H groups in total. The van der Waals surface area contributed by atoms with Gasteiger partial charge in [0, 0.05) is 11.3 Å². The van der Waals surface area contributed by atoms with Crippen LogP contribution in [0.5, 0.6) is 0 Å². The van der Waals surface area contributed by atoms with Crippen LogP contribution in [-0.4, -0.2) is 24.3 Å². The Balaban J connectivity index is 2.76. The number of allylic oxidation sites excluding steroid dienone is 1. The Bertz CT molecular complexity index is 587. The first-order valence-electron chi connectivity index (χ1n) is 5.86. The number of hydrogen-bond donors (Lipinski definition) is 2. The van der Waals surface area contributed by atoms with Crippen LogP contribution in [-0.2, 0) is 14.3 Å². The van der Waals surface area contributed by atoms with E-state index < -0.39 is 24.1 Å². The number of rotatable bonds is 5. The third-order valence-electron chi connectivity index (χ3n) is 2.62. The van der Waals surface area contributed by atoms with Gasteiger partial charge < -0.3 is 16.2 Å². The van der Waals surface area contributed by atoms with Crippen molar-refractivity contribution in [2.75, 3.05) is 6.61 Å². The van der Waals surface area contributed by atoms with E-state index in [2.05, 4.69) is 0 Å². The molecular formula is C14H16N2O4. The van der Waals surface area contributed by atoms with Crippen LogP contribution in [0, 0.1) is 6.92 Å². The molecule has 0 fully saturated rings. The van der Waals surface area contributed by atoms with Crippen LogP contribution in [0.15, 0.2) is 35.5 Å². The van der Waals surface area contributed by atoms with E-state index in [0.29, 0.717) is 5.56 Å². The van der Waals surface area contributed by atoms with Crippen molar-refractivity contribution >= 4 is 17.7 Å². The smallest absolute Gasteiger partial charge is 0.345 e. The Hall–Kier alpha value is -2.63. The quantitative estimate of drug-likeness (QED) is 0.266. The van der Waals surface area contributed by atoms with Gasteiger partial charge in [0.15, 0.2) is 6.61 Å². The fraction of sp³-hybridized carbons (Fsp3) is 0.214. The van der Waals surface area contributed by atoms with Crippen LogP contribution in [0.4, 0.5) is 0 Å².